The molecule has 32 heavy (non-hydrogen) atoms. The van der Waals surface area contributed by atoms with Gasteiger partial charge in [0.05, 0.1) is 5.60 Å². The maximum atomic E-state index is 5.96. The van der Waals surface area contributed by atoms with Crippen LogP contribution in [0.15, 0.2) is 24.3 Å². The van der Waals surface area contributed by atoms with Crippen LogP contribution in [0.3, 0.4) is 0 Å². The van der Waals surface area contributed by atoms with Crippen LogP contribution in [0.25, 0.3) is 0 Å². The molecule has 0 amide bonds. The maximum Gasteiger partial charge on any atom is 0.0598 e. The minimum atomic E-state index is -0.622. The molecule has 0 heterocycles. The topological polar surface area (TPSA) is 9.23 Å². The molecule has 0 N–H and O–H groups in total. The number of benzene rings is 1. The van der Waals surface area contributed by atoms with E-state index in [0.29, 0.717) is 0 Å². The first kappa shape index (κ1) is 24.6. The molecule has 0 spiro atoms. The van der Waals surface area contributed by atoms with Crippen LogP contribution in [0.4, 0.5) is 0 Å². The van der Waals surface area contributed by atoms with Crippen molar-refractivity contribution in [2.24, 2.45) is 11.8 Å². The predicted molar refractivity (Wildman–Crippen MR) is 143 cm³/mol. The summed E-state index contributed by atoms with van der Waals surface area (Å²) in [7, 11) is -0.622. The monoisotopic (exact) mass is 458 g/mol. The van der Waals surface area contributed by atoms with E-state index in [0.717, 1.165) is 28.9 Å². The van der Waals surface area contributed by atoms with E-state index in [1.807, 2.05) is 0 Å². The Morgan fingerprint density at radius 2 is 1.69 bits per heavy atom. The molecule has 2 fully saturated rings. The van der Waals surface area contributed by atoms with E-state index in [1.54, 1.807) is 30.4 Å². The van der Waals surface area contributed by atoms with Gasteiger partial charge in [0, 0.05) is 11.9 Å². The smallest absolute Gasteiger partial charge is 0.0598 e. The standard InChI is InChI=1S/C30H50OS/c1-5-32(23-13-7-6-12-22-31-30(2,3)4,28-20-18-24-14-8-10-16-26(24)28)29-21-19-25-15-9-11-17-27(25)29/h8,10,14,16,25,27-29H,5-7,9,11-13,15,17-23H2,1-4H3. The molecular weight excluding hydrogens is 408 g/mol. The van der Waals surface area contributed by atoms with Crippen molar-refractivity contribution in [3.8, 4) is 0 Å². The Morgan fingerprint density at radius 1 is 0.906 bits per heavy atom. The fraction of sp³-hybridized carbons (Fsp3) is 0.800. The van der Waals surface area contributed by atoms with Crippen LogP contribution in [0, 0.1) is 11.8 Å². The third-order valence-electron chi connectivity index (χ3n) is 9.01. The zero-order valence-electron chi connectivity index (χ0n) is 21.5. The Bertz CT molecular complexity index is 722. The van der Waals surface area contributed by atoms with Gasteiger partial charge < -0.3 is 4.74 Å². The second kappa shape index (κ2) is 10.9. The molecule has 1 nitrogen and oxygen atoms in total. The minimum Gasteiger partial charge on any atom is -0.376 e. The van der Waals surface area contributed by atoms with Crippen LogP contribution in [-0.2, 0) is 11.2 Å². The summed E-state index contributed by atoms with van der Waals surface area (Å²) in [4.78, 5) is 0. The molecule has 0 saturated heterocycles. The SMILES string of the molecule is CCS(CCCCCCOC(C)(C)C)(C1CCc2ccccc21)C1CCC2CCCCC21. The van der Waals surface area contributed by atoms with Crippen molar-refractivity contribution in [3.05, 3.63) is 35.4 Å². The first-order valence-electron chi connectivity index (χ1n) is 13.9. The molecule has 1 aromatic carbocycles. The molecule has 1 aromatic rings. The molecular formula is C30H50OS. The molecule has 0 aliphatic heterocycles. The van der Waals surface area contributed by atoms with Crippen LogP contribution in [0.2, 0.25) is 0 Å². The van der Waals surface area contributed by atoms with Gasteiger partial charge in [-0.25, -0.2) is 10.0 Å². The summed E-state index contributed by atoms with van der Waals surface area (Å²) in [6, 6.07) is 9.55. The highest BCUT2D eigenvalue weighted by Gasteiger charge is 2.49. The highest BCUT2D eigenvalue weighted by atomic mass is 32.3. The first-order valence-corrected chi connectivity index (χ1v) is 16.0. The first-order chi connectivity index (χ1) is 15.4. The Labute approximate surface area is 200 Å². The van der Waals surface area contributed by atoms with E-state index in [9.17, 15) is 0 Å². The van der Waals surface area contributed by atoms with Crippen molar-refractivity contribution in [2.45, 2.75) is 121 Å². The highest BCUT2D eigenvalue weighted by Crippen LogP contribution is 2.72. The van der Waals surface area contributed by atoms with Crippen LogP contribution in [0.5, 0.6) is 0 Å². The number of unbranched alkanes of at least 4 members (excludes halogenated alkanes) is 3. The zero-order valence-corrected chi connectivity index (χ0v) is 22.4. The average molecular weight is 459 g/mol. The molecule has 0 bridgehead atoms. The molecule has 3 aliphatic carbocycles. The molecule has 2 heteroatoms. The van der Waals surface area contributed by atoms with Crippen molar-refractivity contribution >= 4 is 10.0 Å². The number of hydrogen-bond acceptors (Lipinski definition) is 1. The van der Waals surface area contributed by atoms with E-state index < -0.39 is 10.0 Å². The molecule has 4 rings (SSSR count). The van der Waals surface area contributed by atoms with Crippen molar-refractivity contribution in [3.63, 3.8) is 0 Å². The van der Waals surface area contributed by atoms with Crippen LogP contribution in [0.1, 0.15) is 115 Å². The second-order valence-corrected chi connectivity index (χ2v) is 16.1. The van der Waals surface area contributed by atoms with E-state index in [1.165, 1.54) is 69.3 Å². The lowest BCUT2D eigenvalue weighted by Gasteiger charge is -2.53. The van der Waals surface area contributed by atoms with Gasteiger partial charge in [0.15, 0.2) is 0 Å². The summed E-state index contributed by atoms with van der Waals surface area (Å²) in [6.07, 6.45) is 17.4. The van der Waals surface area contributed by atoms with E-state index >= 15 is 0 Å². The summed E-state index contributed by atoms with van der Waals surface area (Å²) in [5, 5.41) is 1.94. The summed E-state index contributed by atoms with van der Waals surface area (Å²) >= 11 is 0. The summed E-state index contributed by atoms with van der Waals surface area (Å²) in [6.45, 7) is 10.0. The molecule has 5 atom stereocenters. The highest BCUT2D eigenvalue weighted by molar-refractivity contribution is 8.34. The maximum absolute atomic E-state index is 5.96. The number of hydrogen-bond donors (Lipinski definition) is 0. The second-order valence-electron chi connectivity index (χ2n) is 11.9. The lowest BCUT2D eigenvalue weighted by molar-refractivity contribution is -0.00470. The van der Waals surface area contributed by atoms with E-state index in [-0.39, 0.29) is 5.60 Å². The Kier molecular flexibility index (Phi) is 8.36. The molecule has 0 aromatic heterocycles. The number of fused-ring (bicyclic) bond motifs is 2. The quantitative estimate of drug-likeness (QED) is 0.318. The lowest BCUT2D eigenvalue weighted by Crippen LogP contribution is -2.33. The van der Waals surface area contributed by atoms with Crippen molar-refractivity contribution < 1.29 is 4.74 Å². The molecule has 5 unspecified atom stereocenters. The fourth-order valence-electron chi connectivity index (χ4n) is 7.53. The zero-order chi connectivity index (χ0) is 22.6. The van der Waals surface area contributed by atoms with Crippen molar-refractivity contribution in [2.75, 3.05) is 18.1 Å². The molecule has 3 aliphatic rings. The van der Waals surface area contributed by atoms with Gasteiger partial charge in [-0.3, -0.25) is 0 Å². The van der Waals surface area contributed by atoms with Crippen molar-refractivity contribution in [1.82, 2.24) is 0 Å². The molecule has 0 radical (unpaired) electrons. The van der Waals surface area contributed by atoms with Gasteiger partial charge in [-0.2, -0.15) is 0 Å². The van der Waals surface area contributed by atoms with Gasteiger partial charge in [0.25, 0.3) is 0 Å². The average Bonchev–Trinajstić information content (AvgIpc) is 3.41. The van der Waals surface area contributed by atoms with Gasteiger partial charge in [0.1, 0.15) is 0 Å². The predicted octanol–water partition coefficient (Wildman–Crippen LogP) is 8.84. The number of aryl methyl sites for hydroxylation is 1. The Morgan fingerprint density at radius 3 is 2.50 bits per heavy atom. The Hall–Kier alpha value is -0.470. The normalized spacial score (nSPS) is 30.5. The molecule has 2 saturated carbocycles. The number of rotatable bonds is 10. The van der Waals surface area contributed by atoms with Gasteiger partial charge >= 0.3 is 0 Å². The van der Waals surface area contributed by atoms with Gasteiger partial charge in [-0.15, -0.1) is 0 Å². The van der Waals surface area contributed by atoms with Gasteiger partial charge in [-0.1, -0.05) is 63.3 Å². The van der Waals surface area contributed by atoms with Crippen LogP contribution >= 0.6 is 10.0 Å². The van der Waals surface area contributed by atoms with E-state index in [4.69, 9.17) is 4.74 Å². The van der Waals surface area contributed by atoms with Gasteiger partial charge in [-0.05, 0) is 105 Å². The molecule has 182 valence electrons. The lowest BCUT2D eigenvalue weighted by atomic mass is 9.82. The summed E-state index contributed by atoms with van der Waals surface area (Å²) in [5.41, 5.74) is 3.46. The van der Waals surface area contributed by atoms with Gasteiger partial charge in [0.2, 0.25) is 0 Å². The van der Waals surface area contributed by atoms with Crippen molar-refractivity contribution in [1.29, 1.82) is 0 Å². The third kappa shape index (κ3) is 5.43. The minimum absolute atomic E-state index is 0.0103. The fourth-order valence-corrected chi connectivity index (χ4v) is 13.4. The number of ether oxygens (including phenoxy) is 1. The summed E-state index contributed by atoms with van der Waals surface area (Å²) in [5.74, 6) is 5.13. The third-order valence-corrected chi connectivity index (χ3v) is 14.5. The largest absolute Gasteiger partial charge is 0.376 e. The van der Waals surface area contributed by atoms with Crippen LogP contribution in [-0.4, -0.2) is 29.0 Å². The van der Waals surface area contributed by atoms with E-state index in [2.05, 4.69) is 52.0 Å². The summed E-state index contributed by atoms with van der Waals surface area (Å²) < 4.78 is 5.96. The van der Waals surface area contributed by atoms with Crippen LogP contribution < -0.4 is 0 Å². The Balaban J connectivity index is 1.46.